The summed E-state index contributed by atoms with van der Waals surface area (Å²) >= 11 is 5.04. The maximum absolute atomic E-state index is 11.7. The number of halogens is 1. The number of hydrogen-bond donors (Lipinski definition) is 1. The zero-order valence-corrected chi connectivity index (χ0v) is 13.2. The predicted molar refractivity (Wildman–Crippen MR) is 84.2 cm³/mol. The van der Waals surface area contributed by atoms with Crippen LogP contribution in [0.3, 0.4) is 0 Å². The molecule has 3 aromatic rings. The zero-order chi connectivity index (χ0) is 14.3. The fraction of sp³-hybridized carbons (Fsp3) is 0.214. The van der Waals surface area contributed by atoms with Crippen LogP contribution < -0.4 is 11.5 Å². The lowest BCUT2D eigenvalue weighted by Gasteiger charge is -2.09. The predicted octanol–water partition coefficient (Wildman–Crippen LogP) is 3.49. The van der Waals surface area contributed by atoms with Gasteiger partial charge in [-0.2, -0.15) is 0 Å². The maximum Gasteiger partial charge on any atom is 0.419 e. The average molecular weight is 353 g/mol. The molecule has 6 heteroatoms. The largest absolute Gasteiger partial charge is 0.419 e. The van der Waals surface area contributed by atoms with Crippen LogP contribution in [0.15, 0.2) is 43.3 Å². The van der Waals surface area contributed by atoms with Crippen molar-refractivity contribution < 1.29 is 4.42 Å². The number of nitrogens with zero attached hydrogens (tertiary/aromatic N) is 1. The van der Waals surface area contributed by atoms with Gasteiger partial charge in [-0.05, 0) is 52.7 Å². The summed E-state index contributed by atoms with van der Waals surface area (Å²) in [5.74, 6) is -0.327. The molecule has 0 aliphatic rings. The van der Waals surface area contributed by atoms with Crippen molar-refractivity contribution in [2.75, 3.05) is 0 Å². The van der Waals surface area contributed by atoms with Gasteiger partial charge in [0.15, 0.2) is 5.58 Å². The Kier molecular flexibility index (Phi) is 3.54. The second-order valence-corrected chi connectivity index (χ2v) is 6.95. The number of oxazole rings is 1. The van der Waals surface area contributed by atoms with Crippen LogP contribution in [0.4, 0.5) is 0 Å². The summed E-state index contributed by atoms with van der Waals surface area (Å²) in [6, 6.07) is 9.44. The summed E-state index contributed by atoms with van der Waals surface area (Å²) in [7, 11) is 0. The van der Waals surface area contributed by atoms with Gasteiger partial charge in [-0.1, -0.05) is 6.07 Å². The lowest BCUT2D eigenvalue weighted by atomic mass is 10.1. The third kappa shape index (κ3) is 2.24. The van der Waals surface area contributed by atoms with Gasteiger partial charge in [-0.3, -0.25) is 4.57 Å². The highest BCUT2D eigenvalue weighted by Crippen LogP contribution is 2.30. The Labute approximate surface area is 127 Å². The molecular weight excluding hydrogens is 340 g/mol. The van der Waals surface area contributed by atoms with E-state index in [2.05, 4.69) is 15.9 Å². The highest BCUT2D eigenvalue weighted by atomic mass is 79.9. The topological polar surface area (TPSA) is 61.2 Å². The first kappa shape index (κ1) is 13.6. The lowest BCUT2D eigenvalue weighted by molar-refractivity contribution is 0.513. The minimum atomic E-state index is -0.327. The monoisotopic (exact) mass is 352 g/mol. The number of rotatable bonds is 3. The third-order valence-electron chi connectivity index (χ3n) is 3.27. The van der Waals surface area contributed by atoms with E-state index in [0.29, 0.717) is 12.1 Å². The summed E-state index contributed by atoms with van der Waals surface area (Å²) in [4.78, 5) is 12.7. The van der Waals surface area contributed by atoms with Crippen LogP contribution in [0.2, 0.25) is 0 Å². The second kappa shape index (κ2) is 5.20. The van der Waals surface area contributed by atoms with Crippen molar-refractivity contribution in [1.82, 2.24) is 4.57 Å². The molecule has 4 nitrogen and oxygen atoms in total. The van der Waals surface area contributed by atoms with Crippen molar-refractivity contribution in [2.45, 2.75) is 19.5 Å². The van der Waals surface area contributed by atoms with Crippen LogP contribution in [0.25, 0.3) is 11.1 Å². The molecule has 3 rings (SSSR count). The Morgan fingerprint density at radius 2 is 2.20 bits per heavy atom. The van der Waals surface area contributed by atoms with Gasteiger partial charge in [0.1, 0.15) is 0 Å². The van der Waals surface area contributed by atoms with Gasteiger partial charge in [-0.15, -0.1) is 11.3 Å². The molecule has 0 bridgehead atoms. The minimum absolute atomic E-state index is 0.217. The summed E-state index contributed by atoms with van der Waals surface area (Å²) < 4.78 is 7.92. The van der Waals surface area contributed by atoms with Gasteiger partial charge < -0.3 is 10.2 Å². The second-order valence-electron chi connectivity index (χ2n) is 4.46. The molecule has 0 fully saturated rings. The molecule has 1 atom stereocenters. The Balaban J connectivity index is 2.07. The Morgan fingerprint density at radius 3 is 2.85 bits per heavy atom. The molecule has 20 heavy (non-hydrogen) atoms. The summed E-state index contributed by atoms with van der Waals surface area (Å²) in [6.45, 7) is 2.51. The van der Waals surface area contributed by atoms with E-state index in [0.717, 1.165) is 19.7 Å². The van der Waals surface area contributed by atoms with Gasteiger partial charge in [0.25, 0.3) is 0 Å². The normalized spacial score (nSPS) is 12.9. The lowest BCUT2D eigenvalue weighted by Crippen LogP contribution is -2.12. The van der Waals surface area contributed by atoms with Crippen molar-refractivity contribution in [3.05, 3.63) is 55.1 Å². The maximum atomic E-state index is 11.7. The number of fused-ring (bicyclic) bond motifs is 1. The van der Waals surface area contributed by atoms with E-state index in [1.165, 1.54) is 0 Å². The fourth-order valence-electron chi connectivity index (χ4n) is 2.24. The Morgan fingerprint density at radius 1 is 1.40 bits per heavy atom. The quantitative estimate of drug-likeness (QED) is 0.784. The van der Waals surface area contributed by atoms with E-state index < -0.39 is 0 Å². The van der Waals surface area contributed by atoms with E-state index in [1.54, 1.807) is 15.9 Å². The van der Waals surface area contributed by atoms with Gasteiger partial charge in [0.05, 0.1) is 15.3 Å². The van der Waals surface area contributed by atoms with Crippen LogP contribution >= 0.6 is 27.3 Å². The van der Waals surface area contributed by atoms with E-state index in [9.17, 15) is 4.79 Å². The SMILES string of the molecule is CCn1c(=O)oc2cc(C(N)c3ccc(Br)s3)ccc21. The molecule has 0 aliphatic heterocycles. The Bertz CT molecular complexity index is 818. The molecule has 0 spiro atoms. The fourth-order valence-corrected chi connectivity index (χ4v) is 3.69. The molecule has 104 valence electrons. The number of aryl methyl sites for hydroxylation is 1. The van der Waals surface area contributed by atoms with Crippen molar-refractivity contribution >= 4 is 38.4 Å². The molecule has 0 radical (unpaired) electrons. The number of nitrogens with two attached hydrogens (primary N) is 1. The van der Waals surface area contributed by atoms with Crippen molar-refractivity contribution in [2.24, 2.45) is 5.73 Å². The molecule has 0 saturated carbocycles. The molecular formula is C14H13BrN2O2S. The highest BCUT2D eigenvalue weighted by molar-refractivity contribution is 9.11. The molecule has 2 aromatic heterocycles. The zero-order valence-electron chi connectivity index (χ0n) is 10.8. The van der Waals surface area contributed by atoms with Crippen LogP contribution in [-0.4, -0.2) is 4.57 Å². The number of hydrogen-bond acceptors (Lipinski definition) is 4. The molecule has 2 heterocycles. The van der Waals surface area contributed by atoms with Crippen LogP contribution in [0.1, 0.15) is 23.4 Å². The van der Waals surface area contributed by atoms with Crippen LogP contribution in [0.5, 0.6) is 0 Å². The first-order chi connectivity index (χ1) is 9.60. The average Bonchev–Trinajstić information content (AvgIpc) is 2.99. The molecule has 0 aliphatic carbocycles. The van der Waals surface area contributed by atoms with E-state index in [1.807, 2.05) is 37.3 Å². The smallest absolute Gasteiger partial charge is 0.408 e. The molecule has 0 amide bonds. The van der Waals surface area contributed by atoms with Crippen molar-refractivity contribution in [3.8, 4) is 0 Å². The summed E-state index contributed by atoms with van der Waals surface area (Å²) in [5.41, 5.74) is 8.59. The number of aromatic nitrogens is 1. The van der Waals surface area contributed by atoms with Gasteiger partial charge >= 0.3 is 5.76 Å². The highest BCUT2D eigenvalue weighted by Gasteiger charge is 2.14. The van der Waals surface area contributed by atoms with E-state index in [-0.39, 0.29) is 11.8 Å². The van der Waals surface area contributed by atoms with E-state index in [4.69, 9.17) is 10.2 Å². The summed E-state index contributed by atoms with van der Waals surface area (Å²) in [5, 5.41) is 0. The first-order valence-electron chi connectivity index (χ1n) is 6.24. The molecule has 2 N–H and O–H groups in total. The minimum Gasteiger partial charge on any atom is -0.408 e. The van der Waals surface area contributed by atoms with Gasteiger partial charge in [0.2, 0.25) is 0 Å². The first-order valence-corrected chi connectivity index (χ1v) is 7.85. The van der Waals surface area contributed by atoms with Crippen LogP contribution in [-0.2, 0) is 6.54 Å². The van der Waals surface area contributed by atoms with Gasteiger partial charge in [-0.25, -0.2) is 4.79 Å². The third-order valence-corrected chi connectivity index (χ3v) is 4.97. The standard InChI is InChI=1S/C14H13BrN2O2S/c1-2-17-9-4-3-8(7-10(9)19-14(17)18)13(16)11-5-6-12(15)20-11/h3-7,13H,2,16H2,1H3. The molecule has 1 unspecified atom stereocenters. The number of benzene rings is 1. The van der Waals surface area contributed by atoms with Crippen LogP contribution in [0, 0.1) is 0 Å². The number of thiophene rings is 1. The van der Waals surface area contributed by atoms with Gasteiger partial charge in [0, 0.05) is 11.4 Å². The molecule has 0 saturated heterocycles. The van der Waals surface area contributed by atoms with Crippen molar-refractivity contribution in [1.29, 1.82) is 0 Å². The Hall–Kier alpha value is -1.37. The van der Waals surface area contributed by atoms with Crippen molar-refractivity contribution in [3.63, 3.8) is 0 Å². The molecule has 1 aromatic carbocycles. The summed E-state index contributed by atoms with van der Waals surface area (Å²) in [6.07, 6.45) is 0. The van der Waals surface area contributed by atoms with E-state index >= 15 is 0 Å².